The maximum Gasteiger partial charge on any atom is 0.223 e. The van der Waals surface area contributed by atoms with Crippen molar-refractivity contribution in [1.82, 2.24) is 14.8 Å². The highest BCUT2D eigenvalue weighted by atomic mass is 16.5. The number of amides is 1. The predicted octanol–water partition coefficient (Wildman–Crippen LogP) is 1.51. The molecule has 0 bridgehead atoms. The van der Waals surface area contributed by atoms with Crippen LogP contribution in [-0.4, -0.2) is 60.6 Å². The van der Waals surface area contributed by atoms with Crippen molar-refractivity contribution in [3.63, 3.8) is 0 Å². The van der Waals surface area contributed by atoms with Crippen LogP contribution in [0, 0.1) is 5.41 Å². The number of carbonyl (C=O) groups is 1. The van der Waals surface area contributed by atoms with E-state index in [2.05, 4.69) is 9.88 Å². The molecule has 0 unspecified atom stereocenters. The molecule has 6 nitrogen and oxygen atoms in total. The summed E-state index contributed by atoms with van der Waals surface area (Å²) < 4.78 is 5.09. The van der Waals surface area contributed by atoms with Gasteiger partial charge in [-0.15, -0.1) is 0 Å². The first-order valence-electron chi connectivity index (χ1n) is 8.80. The van der Waals surface area contributed by atoms with Crippen LogP contribution in [-0.2, 0) is 16.1 Å². The number of piperidine rings is 1. The lowest BCUT2D eigenvalue weighted by Gasteiger charge is -2.39. The number of nitrogen functional groups attached to an aromatic ring is 1. The minimum absolute atomic E-state index is 0.182. The minimum Gasteiger partial charge on any atom is -0.385 e. The second kappa shape index (κ2) is 7.49. The Balaban J connectivity index is 1.51. The Kier molecular flexibility index (Phi) is 5.36. The van der Waals surface area contributed by atoms with Gasteiger partial charge in [-0.3, -0.25) is 9.69 Å². The van der Waals surface area contributed by atoms with Crippen molar-refractivity contribution in [2.75, 3.05) is 45.6 Å². The third kappa shape index (κ3) is 3.87. The number of methoxy groups -OCH3 is 1. The normalized spacial score (nSPS) is 20.9. The molecule has 0 aromatic carbocycles. The Bertz CT molecular complexity index is 570. The molecule has 24 heavy (non-hydrogen) atoms. The molecule has 2 fully saturated rings. The van der Waals surface area contributed by atoms with Gasteiger partial charge in [0.2, 0.25) is 5.91 Å². The van der Waals surface area contributed by atoms with Crippen molar-refractivity contribution >= 4 is 11.7 Å². The first kappa shape index (κ1) is 17.2. The number of anilines is 1. The third-order valence-electron chi connectivity index (χ3n) is 5.42. The second-order valence-electron chi connectivity index (χ2n) is 7.16. The van der Waals surface area contributed by atoms with Gasteiger partial charge in [-0.1, -0.05) is 6.07 Å². The molecule has 2 aliphatic heterocycles. The van der Waals surface area contributed by atoms with Crippen LogP contribution in [0.5, 0.6) is 0 Å². The molecule has 132 valence electrons. The van der Waals surface area contributed by atoms with Crippen LogP contribution >= 0.6 is 0 Å². The van der Waals surface area contributed by atoms with E-state index in [1.54, 1.807) is 13.3 Å². The summed E-state index contributed by atoms with van der Waals surface area (Å²) in [7, 11) is 1.71. The van der Waals surface area contributed by atoms with Crippen molar-refractivity contribution in [2.24, 2.45) is 5.41 Å². The largest absolute Gasteiger partial charge is 0.385 e. The van der Waals surface area contributed by atoms with E-state index >= 15 is 0 Å². The molecule has 0 atom stereocenters. The molecule has 0 aliphatic carbocycles. The van der Waals surface area contributed by atoms with Gasteiger partial charge in [0, 0.05) is 51.5 Å². The van der Waals surface area contributed by atoms with Gasteiger partial charge in [0.1, 0.15) is 5.82 Å². The molecular weight excluding hydrogens is 304 g/mol. The zero-order valence-electron chi connectivity index (χ0n) is 14.5. The zero-order valence-corrected chi connectivity index (χ0v) is 14.5. The van der Waals surface area contributed by atoms with Crippen LogP contribution < -0.4 is 5.73 Å². The average molecular weight is 332 g/mol. The molecule has 2 saturated heterocycles. The molecule has 3 rings (SSSR count). The monoisotopic (exact) mass is 332 g/mol. The van der Waals surface area contributed by atoms with E-state index in [1.165, 1.54) is 0 Å². The van der Waals surface area contributed by atoms with Gasteiger partial charge >= 0.3 is 0 Å². The number of carbonyl (C=O) groups excluding carboxylic acids is 1. The lowest BCUT2D eigenvalue weighted by molar-refractivity contribution is -0.128. The van der Waals surface area contributed by atoms with Gasteiger partial charge in [-0.05, 0) is 43.8 Å². The maximum atomic E-state index is 12.3. The Morgan fingerprint density at radius 1 is 1.38 bits per heavy atom. The summed E-state index contributed by atoms with van der Waals surface area (Å²) in [5.41, 5.74) is 7.22. The van der Waals surface area contributed by atoms with Crippen molar-refractivity contribution < 1.29 is 9.53 Å². The summed E-state index contributed by atoms with van der Waals surface area (Å²) in [6.45, 7) is 5.35. The number of nitrogens with two attached hydrogens (primary N) is 1. The first-order chi connectivity index (χ1) is 11.6. The van der Waals surface area contributed by atoms with Crippen molar-refractivity contribution in [3.05, 3.63) is 23.9 Å². The molecule has 1 aromatic rings. The zero-order chi connectivity index (χ0) is 17.0. The van der Waals surface area contributed by atoms with E-state index < -0.39 is 0 Å². The molecule has 0 radical (unpaired) electrons. The fraction of sp³-hybridized carbons (Fsp3) is 0.667. The third-order valence-corrected chi connectivity index (χ3v) is 5.42. The molecule has 2 N–H and O–H groups in total. The van der Waals surface area contributed by atoms with Crippen LogP contribution in [0.3, 0.4) is 0 Å². The number of pyridine rings is 1. The number of hydrogen-bond acceptors (Lipinski definition) is 5. The minimum atomic E-state index is 0.182. The summed E-state index contributed by atoms with van der Waals surface area (Å²) in [4.78, 5) is 20.9. The quantitative estimate of drug-likeness (QED) is 0.800. The lowest BCUT2D eigenvalue weighted by Crippen LogP contribution is -2.41. The summed E-state index contributed by atoms with van der Waals surface area (Å²) in [5.74, 6) is 0.939. The Labute approximate surface area is 144 Å². The standard InChI is InChI=1S/C18H28N4O2/c1-24-11-3-8-22-14-18(12-16(22)23)5-9-21(10-6-18)13-15-4-2-7-20-17(15)19/h2,4,7H,3,5-6,8-14H2,1H3,(H2,19,20). The van der Waals surface area contributed by atoms with Crippen LogP contribution in [0.15, 0.2) is 18.3 Å². The molecule has 2 aliphatic rings. The van der Waals surface area contributed by atoms with Crippen LogP contribution in [0.25, 0.3) is 0 Å². The Morgan fingerprint density at radius 3 is 2.88 bits per heavy atom. The van der Waals surface area contributed by atoms with Crippen molar-refractivity contribution in [1.29, 1.82) is 0 Å². The summed E-state index contributed by atoms with van der Waals surface area (Å²) in [6, 6.07) is 3.98. The number of ether oxygens (including phenoxy) is 1. The van der Waals surface area contributed by atoms with Crippen molar-refractivity contribution in [3.8, 4) is 0 Å². The van der Waals surface area contributed by atoms with Gasteiger partial charge < -0.3 is 15.4 Å². The maximum absolute atomic E-state index is 12.3. The molecule has 3 heterocycles. The highest BCUT2D eigenvalue weighted by Crippen LogP contribution is 2.41. The van der Waals surface area contributed by atoms with E-state index in [4.69, 9.17) is 10.5 Å². The van der Waals surface area contributed by atoms with Crippen LogP contribution in [0.2, 0.25) is 0 Å². The highest BCUT2D eigenvalue weighted by Gasteiger charge is 2.44. The SMILES string of the molecule is COCCCN1CC2(CCN(Cc3cccnc3N)CC2)CC1=O. The van der Waals surface area contributed by atoms with E-state index in [9.17, 15) is 4.79 Å². The smallest absolute Gasteiger partial charge is 0.223 e. The number of likely N-dealkylation sites (tertiary alicyclic amines) is 2. The molecule has 6 heteroatoms. The van der Waals surface area contributed by atoms with E-state index in [0.717, 1.165) is 64.2 Å². The fourth-order valence-corrected chi connectivity index (χ4v) is 3.93. The number of rotatable bonds is 6. The van der Waals surface area contributed by atoms with Gasteiger partial charge in [0.05, 0.1) is 0 Å². The molecule has 1 amide bonds. The molecular formula is C18H28N4O2. The average Bonchev–Trinajstić information content (AvgIpc) is 2.88. The predicted molar refractivity (Wildman–Crippen MR) is 93.3 cm³/mol. The van der Waals surface area contributed by atoms with Gasteiger partial charge in [-0.25, -0.2) is 4.98 Å². The molecule has 0 saturated carbocycles. The summed E-state index contributed by atoms with van der Waals surface area (Å²) in [5, 5.41) is 0. The highest BCUT2D eigenvalue weighted by molar-refractivity contribution is 5.79. The first-order valence-corrected chi connectivity index (χ1v) is 8.80. The number of nitrogens with zero attached hydrogens (tertiary/aromatic N) is 3. The van der Waals surface area contributed by atoms with Crippen LogP contribution in [0.1, 0.15) is 31.2 Å². The Morgan fingerprint density at radius 2 is 2.17 bits per heavy atom. The van der Waals surface area contributed by atoms with E-state index in [-0.39, 0.29) is 5.41 Å². The van der Waals surface area contributed by atoms with E-state index in [0.29, 0.717) is 18.1 Å². The summed E-state index contributed by atoms with van der Waals surface area (Å²) in [6.07, 6.45) is 5.53. The molecule has 1 aromatic heterocycles. The topological polar surface area (TPSA) is 71.7 Å². The summed E-state index contributed by atoms with van der Waals surface area (Å²) >= 11 is 0. The number of aromatic nitrogens is 1. The number of hydrogen-bond donors (Lipinski definition) is 1. The van der Waals surface area contributed by atoms with Crippen molar-refractivity contribution in [2.45, 2.75) is 32.2 Å². The van der Waals surface area contributed by atoms with Crippen LogP contribution in [0.4, 0.5) is 5.82 Å². The van der Waals surface area contributed by atoms with E-state index in [1.807, 2.05) is 17.0 Å². The fourth-order valence-electron chi connectivity index (χ4n) is 3.93. The lowest BCUT2D eigenvalue weighted by atomic mass is 9.77. The van der Waals surface area contributed by atoms with Gasteiger partial charge in [0.25, 0.3) is 0 Å². The molecule has 1 spiro atoms. The second-order valence-corrected chi connectivity index (χ2v) is 7.16. The Hall–Kier alpha value is -1.66. The van der Waals surface area contributed by atoms with Gasteiger partial charge in [0.15, 0.2) is 0 Å². The van der Waals surface area contributed by atoms with Gasteiger partial charge in [-0.2, -0.15) is 0 Å².